The molecule has 4 aromatic rings. The molecule has 0 bridgehead atoms. The summed E-state index contributed by atoms with van der Waals surface area (Å²) in [6.07, 6.45) is 1.52. The van der Waals surface area contributed by atoms with Crippen LogP contribution in [0.15, 0.2) is 79.0 Å². The smallest absolute Gasteiger partial charge is 0.407 e. The zero-order valence-corrected chi connectivity index (χ0v) is 18.9. The minimum atomic E-state index is -0.852. The third-order valence-corrected chi connectivity index (χ3v) is 6.31. The van der Waals surface area contributed by atoms with Crippen LogP contribution in [-0.2, 0) is 20.7 Å². The fourth-order valence-corrected chi connectivity index (χ4v) is 4.74. The summed E-state index contributed by atoms with van der Waals surface area (Å²) in [5.41, 5.74) is 6.50. The molecule has 1 atom stereocenters. The van der Waals surface area contributed by atoms with Crippen LogP contribution in [0, 0.1) is 0 Å². The molecule has 1 heterocycles. The highest BCUT2D eigenvalue weighted by Crippen LogP contribution is 2.44. The van der Waals surface area contributed by atoms with Crippen molar-refractivity contribution in [3.63, 3.8) is 0 Å². The first-order chi connectivity index (χ1) is 16.7. The predicted molar refractivity (Wildman–Crippen MR) is 131 cm³/mol. The van der Waals surface area contributed by atoms with Gasteiger partial charge in [0.15, 0.2) is 0 Å². The van der Waals surface area contributed by atoms with Gasteiger partial charge >= 0.3 is 12.1 Å². The second kappa shape index (κ2) is 9.43. The van der Waals surface area contributed by atoms with Crippen LogP contribution < -0.4 is 5.32 Å². The largest absolute Gasteiger partial charge is 0.464 e. The number of carbonyl (C=O) groups excluding carboxylic acids is 2. The number of alkyl carbamates (subject to hydrolysis) is 1. The number of amides is 1. The van der Waals surface area contributed by atoms with Gasteiger partial charge in [0.25, 0.3) is 0 Å². The lowest BCUT2D eigenvalue weighted by molar-refractivity contribution is -0.145. The number of fused-ring (bicyclic) bond motifs is 4. The van der Waals surface area contributed by atoms with Gasteiger partial charge in [-0.15, -0.1) is 0 Å². The van der Waals surface area contributed by atoms with Gasteiger partial charge in [0.05, 0.1) is 6.61 Å². The van der Waals surface area contributed by atoms with E-state index >= 15 is 0 Å². The highest BCUT2D eigenvalue weighted by atomic mass is 16.6. The van der Waals surface area contributed by atoms with Gasteiger partial charge in [-0.05, 0) is 40.8 Å². The van der Waals surface area contributed by atoms with Crippen LogP contribution in [0.25, 0.3) is 22.0 Å². The van der Waals surface area contributed by atoms with Crippen molar-refractivity contribution in [3.8, 4) is 11.1 Å². The van der Waals surface area contributed by atoms with Crippen molar-refractivity contribution in [2.75, 3.05) is 13.2 Å². The first-order valence-corrected chi connectivity index (χ1v) is 11.5. The number of esters is 1. The van der Waals surface area contributed by atoms with E-state index < -0.39 is 18.1 Å². The monoisotopic (exact) mass is 454 g/mol. The molecule has 5 rings (SSSR count). The second-order valence-corrected chi connectivity index (χ2v) is 8.34. The maximum atomic E-state index is 12.8. The molecule has 1 aliphatic rings. The van der Waals surface area contributed by atoms with E-state index in [0.29, 0.717) is 6.42 Å². The third kappa shape index (κ3) is 4.15. The zero-order valence-electron chi connectivity index (χ0n) is 18.9. The third-order valence-electron chi connectivity index (χ3n) is 6.31. The Labute approximate surface area is 197 Å². The number of nitrogens with one attached hydrogen (secondary N) is 2. The first-order valence-electron chi connectivity index (χ1n) is 11.5. The summed E-state index contributed by atoms with van der Waals surface area (Å²) in [5.74, 6) is -0.533. The molecular formula is C28H26N2O4. The van der Waals surface area contributed by atoms with Crippen molar-refractivity contribution in [2.45, 2.75) is 25.3 Å². The minimum absolute atomic E-state index is 0.0483. The molecule has 172 valence electrons. The number of aromatic amines is 1. The van der Waals surface area contributed by atoms with E-state index in [2.05, 4.69) is 34.6 Å². The van der Waals surface area contributed by atoms with Crippen LogP contribution in [0.5, 0.6) is 0 Å². The molecule has 6 heteroatoms. The van der Waals surface area contributed by atoms with Gasteiger partial charge in [0, 0.05) is 29.4 Å². The average molecular weight is 455 g/mol. The fraction of sp³-hybridized carbons (Fsp3) is 0.214. The molecule has 0 saturated carbocycles. The van der Waals surface area contributed by atoms with Gasteiger partial charge in [-0.25, -0.2) is 9.59 Å². The molecule has 0 saturated heterocycles. The topological polar surface area (TPSA) is 80.4 Å². The Bertz CT molecular complexity index is 1300. The molecule has 1 aromatic heterocycles. The van der Waals surface area contributed by atoms with E-state index in [-0.39, 0.29) is 19.1 Å². The lowest BCUT2D eigenvalue weighted by Gasteiger charge is -2.19. The Morgan fingerprint density at radius 3 is 2.26 bits per heavy atom. The highest BCUT2D eigenvalue weighted by Gasteiger charge is 2.30. The summed E-state index contributed by atoms with van der Waals surface area (Å²) in [5, 5.41) is 3.73. The van der Waals surface area contributed by atoms with Gasteiger partial charge in [0.1, 0.15) is 12.6 Å². The SMILES string of the molecule is CCOC(=O)C(Cc1c[nH]c2ccccc12)NC(=O)OCC1c2ccccc2-c2ccccc21. The Kier molecular flexibility index (Phi) is 6.04. The summed E-state index contributed by atoms with van der Waals surface area (Å²) < 4.78 is 10.9. The molecular weight excluding hydrogens is 428 g/mol. The lowest BCUT2D eigenvalue weighted by atomic mass is 9.98. The van der Waals surface area contributed by atoms with Crippen molar-refractivity contribution >= 4 is 23.0 Å². The van der Waals surface area contributed by atoms with Crippen molar-refractivity contribution in [3.05, 3.63) is 95.7 Å². The standard InChI is InChI=1S/C28H26N2O4/c1-2-33-27(31)26(15-18-16-29-25-14-8-7-9-19(18)25)30-28(32)34-17-24-22-12-5-3-10-20(22)21-11-4-6-13-23(21)24/h3-14,16,24,26,29H,2,15,17H2,1H3,(H,30,32). The van der Waals surface area contributed by atoms with E-state index in [1.54, 1.807) is 6.92 Å². The minimum Gasteiger partial charge on any atom is -0.464 e. The van der Waals surface area contributed by atoms with Gasteiger partial charge < -0.3 is 19.8 Å². The number of carbonyl (C=O) groups is 2. The number of aromatic nitrogens is 1. The van der Waals surface area contributed by atoms with Crippen LogP contribution in [0.1, 0.15) is 29.5 Å². The van der Waals surface area contributed by atoms with E-state index in [9.17, 15) is 9.59 Å². The van der Waals surface area contributed by atoms with E-state index in [0.717, 1.165) is 38.7 Å². The number of hydrogen-bond acceptors (Lipinski definition) is 4. The maximum Gasteiger partial charge on any atom is 0.407 e. The molecule has 1 unspecified atom stereocenters. The molecule has 0 radical (unpaired) electrons. The molecule has 6 nitrogen and oxygen atoms in total. The fourth-order valence-electron chi connectivity index (χ4n) is 4.74. The van der Waals surface area contributed by atoms with Crippen molar-refractivity contribution in [2.24, 2.45) is 0 Å². The number of H-pyrrole nitrogens is 1. The first kappa shape index (κ1) is 21.8. The molecule has 2 N–H and O–H groups in total. The highest BCUT2D eigenvalue weighted by molar-refractivity contribution is 5.86. The molecule has 1 aliphatic carbocycles. The van der Waals surface area contributed by atoms with Crippen LogP contribution in [0.2, 0.25) is 0 Å². The van der Waals surface area contributed by atoms with Crippen molar-refractivity contribution < 1.29 is 19.1 Å². The summed E-state index contributed by atoms with van der Waals surface area (Å²) in [7, 11) is 0. The predicted octanol–water partition coefficient (Wildman–Crippen LogP) is 5.18. The van der Waals surface area contributed by atoms with Crippen LogP contribution >= 0.6 is 0 Å². The van der Waals surface area contributed by atoms with Gasteiger partial charge in [0.2, 0.25) is 0 Å². The van der Waals surface area contributed by atoms with Crippen molar-refractivity contribution in [1.29, 1.82) is 0 Å². The van der Waals surface area contributed by atoms with Gasteiger partial charge in [-0.1, -0.05) is 66.7 Å². The lowest BCUT2D eigenvalue weighted by Crippen LogP contribution is -2.44. The van der Waals surface area contributed by atoms with Gasteiger partial charge in [-0.2, -0.15) is 0 Å². The number of ether oxygens (including phenoxy) is 2. The number of benzene rings is 3. The van der Waals surface area contributed by atoms with Gasteiger partial charge in [-0.3, -0.25) is 0 Å². The number of hydrogen-bond donors (Lipinski definition) is 2. The van der Waals surface area contributed by atoms with Crippen molar-refractivity contribution in [1.82, 2.24) is 10.3 Å². The zero-order chi connectivity index (χ0) is 23.5. The normalized spacial score (nSPS) is 13.2. The summed E-state index contributed by atoms with van der Waals surface area (Å²) in [4.78, 5) is 28.6. The van der Waals surface area contributed by atoms with E-state index in [1.165, 1.54) is 0 Å². The summed E-state index contributed by atoms with van der Waals surface area (Å²) in [6.45, 7) is 2.16. The Morgan fingerprint density at radius 1 is 0.912 bits per heavy atom. The van der Waals surface area contributed by atoms with Crippen LogP contribution in [0.4, 0.5) is 4.79 Å². The molecule has 0 aliphatic heterocycles. The molecule has 34 heavy (non-hydrogen) atoms. The number of para-hydroxylation sites is 1. The molecule has 3 aromatic carbocycles. The Balaban J connectivity index is 1.30. The number of rotatable bonds is 7. The van der Waals surface area contributed by atoms with Crippen LogP contribution in [-0.4, -0.2) is 36.3 Å². The van der Waals surface area contributed by atoms with E-state index in [1.807, 2.05) is 54.7 Å². The average Bonchev–Trinajstić information content (AvgIpc) is 3.41. The summed E-state index contributed by atoms with van der Waals surface area (Å²) >= 11 is 0. The molecule has 0 fully saturated rings. The molecule has 1 amide bonds. The Morgan fingerprint density at radius 2 is 1.56 bits per heavy atom. The second-order valence-electron chi connectivity index (χ2n) is 8.34. The van der Waals surface area contributed by atoms with E-state index in [4.69, 9.17) is 9.47 Å². The molecule has 0 spiro atoms. The Hall–Kier alpha value is -4.06. The van der Waals surface area contributed by atoms with Crippen LogP contribution in [0.3, 0.4) is 0 Å². The summed E-state index contributed by atoms with van der Waals surface area (Å²) in [6, 6.07) is 23.3. The maximum absolute atomic E-state index is 12.8. The quantitative estimate of drug-likeness (QED) is 0.377.